The van der Waals surface area contributed by atoms with E-state index in [1.165, 1.54) is 0 Å². The van der Waals surface area contributed by atoms with Crippen molar-refractivity contribution in [2.75, 3.05) is 11.9 Å². The lowest BCUT2D eigenvalue weighted by Crippen LogP contribution is -2.07. The van der Waals surface area contributed by atoms with Crippen molar-refractivity contribution >= 4 is 39.0 Å². The molecule has 0 atom stereocenters. The summed E-state index contributed by atoms with van der Waals surface area (Å²) in [6.45, 7) is 4.39. The van der Waals surface area contributed by atoms with E-state index in [1.807, 2.05) is 37.3 Å². The number of esters is 1. The molecule has 4 aromatic rings. The molecular formula is C24H23N3O2S. The van der Waals surface area contributed by atoms with Crippen molar-refractivity contribution < 1.29 is 9.53 Å². The largest absolute Gasteiger partial charge is 0.462 e. The average molecular weight is 418 g/mol. The highest BCUT2D eigenvalue weighted by molar-refractivity contribution is 7.21. The second-order valence-corrected chi connectivity index (χ2v) is 8.04. The number of hydrogen-bond donors (Lipinski definition) is 1. The smallest absolute Gasteiger partial charge is 0.338 e. The van der Waals surface area contributed by atoms with Gasteiger partial charge < -0.3 is 10.1 Å². The summed E-state index contributed by atoms with van der Waals surface area (Å²) in [5, 5.41) is 4.32. The number of nitrogens with zero attached hydrogens (tertiary/aromatic N) is 2. The lowest BCUT2D eigenvalue weighted by atomic mass is 10.2. The summed E-state index contributed by atoms with van der Waals surface area (Å²) in [5.41, 5.74) is 2.46. The number of carbonyl (C=O) groups excluding carboxylic acids is 1. The van der Waals surface area contributed by atoms with Gasteiger partial charge in [-0.05, 0) is 43.2 Å². The first-order chi connectivity index (χ1) is 14.6. The second-order valence-electron chi connectivity index (χ2n) is 7.01. The van der Waals surface area contributed by atoms with Gasteiger partial charge in [0.2, 0.25) is 0 Å². The van der Waals surface area contributed by atoms with Gasteiger partial charge in [-0.2, -0.15) is 0 Å². The van der Waals surface area contributed by atoms with Gasteiger partial charge in [-0.1, -0.05) is 49.7 Å². The molecule has 0 unspecified atom stereocenters. The molecule has 6 heteroatoms. The molecule has 2 aromatic carbocycles. The normalized spacial score (nSPS) is 10.9. The highest BCUT2D eigenvalue weighted by atomic mass is 32.1. The molecule has 0 aliphatic carbocycles. The van der Waals surface area contributed by atoms with Gasteiger partial charge in [0.05, 0.1) is 17.6 Å². The number of nitrogens with one attached hydrogen (secondary N) is 1. The van der Waals surface area contributed by atoms with Crippen LogP contribution in [0.5, 0.6) is 0 Å². The summed E-state index contributed by atoms with van der Waals surface area (Å²) >= 11 is 1.64. The molecule has 0 saturated carbocycles. The topological polar surface area (TPSA) is 64.1 Å². The minimum atomic E-state index is -0.307. The van der Waals surface area contributed by atoms with Crippen LogP contribution in [0.25, 0.3) is 20.7 Å². The Morgan fingerprint density at radius 1 is 1.07 bits per heavy atom. The van der Waals surface area contributed by atoms with Gasteiger partial charge in [0.15, 0.2) is 0 Å². The van der Waals surface area contributed by atoms with E-state index in [1.54, 1.807) is 23.5 Å². The standard InChI is InChI=1S/C24H23N3O2S/c1-3-4-13-29-24(28)18-11-8-12-19(14-18)27-22-20-15-21(17-9-6-5-7-10-17)30-23(20)26-16(2)25-22/h5-12,14-15H,3-4,13H2,1-2H3,(H,25,26,27). The predicted molar refractivity (Wildman–Crippen MR) is 123 cm³/mol. The van der Waals surface area contributed by atoms with Crippen molar-refractivity contribution in [2.45, 2.75) is 26.7 Å². The molecule has 0 spiro atoms. The molecule has 0 amide bonds. The summed E-state index contributed by atoms with van der Waals surface area (Å²) in [4.78, 5) is 23.6. The Morgan fingerprint density at radius 3 is 2.70 bits per heavy atom. The minimum absolute atomic E-state index is 0.307. The zero-order valence-corrected chi connectivity index (χ0v) is 17.8. The molecule has 0 fully saturated rings. The van der Waals surface area contributed by atoms with Crippen LogP contribution >= 0.6 is 11.3 Å². The first kappa shape index (κ1) is 20.0. The number of ether oxygens (including phenoxy) is 1. The fourth-order valence-electron chi connectivity index (χ4n) is 3.12. The van der Waals surface area contributed by atoms with Crippen molar-refractivity contribution in [1.29, 1.82) is 0 Å². The van der Waals surface area contributed by atoms with Crippen LogP contribution in [0.3, 0.4) is 0 Å². The summed E-state index contributed by atoms with van der Waals surface area (Å²) < 4.78 is 5.32. The van der Waals surface area contributed by atoms with E-state index in [4.69, 9.17) is 4.74 Å². The third kappa shape index (κ3) is 4.49. The molecule has 1 N–H and O–H groups in total. The number of hydrogen-bond acceptors (Lipinski definition) is 6. The molecule has 0 bridgehead atoms. The van der Waals surface area contributed by atoms with Crippen LogP contribution in [0, 0.1) is 6.92 Å². The van der Waals surface area contributed by atoms with Crippen LogP contribution in [-0.2, 0) is 4.74 Å². The van der Waals surface area contributed by atoms with Gasteiger partial charge in [0.1, 0.15) is 16.5 Å². The van der Waals surface area contributed by atoms with E-state index in [0.29, 0.717) is 18.0 Å². The predicted octanol–water partition coefficient (Wildman–Crippen LogP) is 6.37. The number of aryl methyl sites for hydroxylation is 1. The van der Waals surface area contributed by atoms with Gasteiger partial charge in [-0.25, -0.2) is 14.8 Å². The lowest BCUT2D eigenvalue weighted by Gasteiger charge is -2.09. The van der Waals surface area contributed by atoms with Gasteiger partial charge in [-0.15, -0.1) is 11.3 Å². The number of aromatic nitrogens is 2. The Morgan fingerprint density at radius 2 is 1.90 bits per heavy atom. The number of benzene rings is 2. The summed E-state index contributed by atoms with van der Waals surface area (Å²) in [5.74, 6) is 1.12. The van der Waals surface area contributed by atoms with E-state index >= 15 is 0 Å². The summed E-state index contributed by atoms with van der Waals surface area (Å²) in [6.07, 6.45) is 1.85. The molecule has 2 aromatic heterocycles. The average Bonchev–Trinajstić information content (AvgIpc) is 3.19. The van der Waals surface area contributed by atoms with E-state index < -0.39 is 0 Å². The Kier molecular flexibility index (Phi) is 6.05. The number of thiophene rings is 1. The van der Waals surface area contributed by atoms with Crippen LogP contribution in [0.2, 0.25) is 0 Å². The highest BCUT2D eigenvalue weighted by Gasteiger charge is 2.13. The SMILES string of the molecule is CCCCOC(=O)c1cccc(Nc2nc(C)nc3sc(-c4ccccc4)cc23)c1. The van der Waals surface area contributed by atoms with Gasteiger partial charge in [-0.3, -0.25) is 0 Å². The van der Waals surface area contributed by atoms with Crippen molar-refractivity contribution in [3.8, 4) is 10.4 Å². The van der Waals surface area contributed by atoms with Crippen molar-refractivity contribution in [1.82, 2.24) is 9.97 Å². The van der Waals surface area contributed by atoms with Crippen LogP contribution in [0.15, 0.2) is 60.7 Å². The first-order valence-corrected chi connectivity index (χ1v) is 10.8. The fourth-order valence-corrected chi connectivity index (χ4v) is 4.20. The summed E-state index contributed by atoms with van der Waals surface area (Å²) in [7, 11) is 0. The summed E-state index contributed by atoms with van der Waals surface area (Å²) in [6, 6.07) is 19.7. The fraction of sp³-hybridized carbons (Fsp3) is 0.208. The Labute approximate surface area is 179 Å². The number of unbranched alkanes of at least 4 members (excludes halogenated alkanes) is 1. The Balaban J connectivity index is 1.63. The van der Waals surface area contributed by atoms with E-state index in [-0.39, 0.29) is 5.97 Å². The zero-order valence-electron chi connectivity index (χ0n) is 17.0. The molecule has 5 nitrogen and oxygen atoms in total. The molecule has 152 valence electrons. The lowest BCUT2D eigenvalue weighted by molar-refractivity contribution is 0.0500. The van der Waals surface area contributed by atoms with Gasteiger partial charge in [0, 0.05) is 10.6 Å². The number of fused-ring (bicyclic) bond motifs is 1. The van der Waals surface area contributed by atoms with Crippen LogP contribution < -0.4 is 5.32 Å². The first-order valence-electron chi connectivity index (χ1n) is 10.0. The van der Waals surface area contributed by atoms with Crippen molar-refractivity contribution in [3.05, 3.63) is 72.1 Å². The Bertz CT molecular complexity index is 1170. The maximum absolute atomic E-state index is 12.3. The second kappa shape index (κ2) is 9.05. The molecule has 0 radical (unpaired) electrons. The van der Waals surface area contributed by atoms with Gasteiger partial charge >= 0.3 is 5.97 Å². The van der Waals surface area contributed by atoms with Crippen LogP contribution in [-0.4, -0.2) is 22.5 Å². The molecule has 0 aliphatic heterocycles. The molecular weight excluding hydrogens is 394 g/mol. The molecule has 0 saturated heterocycles. The molecule has 2 heterocycles. The number of rotatable bonds is 7. The zero-order chi connectivity index (χ0) is 20.9. The van der Waals surface area contributed by atoms with E-state index in [2.05, 4.69) is 40.4 Å². The quantitative estimate of drug-likeness (QED) is 0.280. The number of carbonyl (C=O) groups is 1. The monoisotopic (exact) mass is 417 g/mol. The number of anilines is 2. The highest BCUT2D eigenvalue weighted by Crippen LogP contribution is 2.36. The third-order valence-electron chi connectivity index (χ3n) is 4.65. The van der Waals surface area contributed by atoms with Crippen LogP contribution in [0.1, 0.15) is 35.9 Å². The van der Waals surface area contributed by atoms with Crippen molar-refractivity contribution in [3.63, 3.8) is 0 Å². The third-order valence-corrected chi connectivity index (χ3v) is 5.73. The van der Waals surface area contributed by atoms with Crippen molar-refractivity contribution in [2.24, 2.45) is 0 Å². The maximum Gasteiger partial charge on any atom is 0.338 e. The molecule has 4 rings (SSSR count). The molecule has 30 heavy (non-hydrogen) atoms. The van der Waals surface area contributed by atoms with Crippen LogP contribution in [0.4, 0.5) is 11.5 Å². The van der Waals surface area contributed by atoms with Gasteiger partial charge in [0.25, 0.3) is 0 Å². The molecule has 0 aliphatic rings. The minimum Gasteiger partial charge on any atom is -0.462 e. The maximum atomic E-state index is 12.3. The Hall–Kier alpha value is -3.25. The van der Waals surface area contributed by atoms with E-state index in [0.717, 1.165) is 45.0 Å². The van der Waals surface area contributed by atoms with E-state index in [9.17, 15) is 4.79 Å².